The Balaban J connectivity index is 1.48. The molecule has 0 bridgehead atoms. The first kappa shape index (κ1) is 24.2. The Hall–Kier alpha value is -2.55. The quantitative estimate of drug-likeness (QED) is 0.578. The normalized spacial score (nSPS) is 23.3. The molecule has 1 unspecified atom stereocenters. The summed E-state index contributed by atoms with van der Waals surface area (Å²) in [5.41, 5.74) is 0.782. The minimum absolute atomic E-state index is 0.0181. The third-order valence-electron chi connectivity index (χ3n) is 7.21. The smallest absolute Gasteiger partial charge is 0.339 e. The molecule has 1 N–H and O–H groups in total. The number of halogens is 3. The average molecular weight is 505 g/mol. The highest BCUT2D eigenvalue weighted by Crippen LogP contribution is 2.48. The lowest BCUT2D eigenvalue weighted by Crippen LogP contribution is -2.55. The van der Waals surface area contributed by atoms with Crippen molar-refractivity contribution in [3.63, 3.8) is 0 Å². The molecule has 2 heterocycles. The highest BCUT2D eigenvalue weighted by atomic mass is 35.5. The van der Waals surface area contributed by atoms with Crippen LogP contribution in [-0.4, -0.2) is 49.6 Å². The van der Waals surface area contributed by atoms with Crippen LogP contribution in [-0.2, 0) is 32.8 Å². The molecule has 0 radical (unpaired) electrons. The summed E-state index contributed by atoms with van der Waals surface area (Å²) in [5.74, 6) is -3.88. The van der Waals surface area contributed by atoms with Crippen LogP contribution >= 0.6 is 11.6 Å². The number of ether oxygens (including phenoxy) is 2. The number of esters is 1. The molecule has 1 amide bonds. The number of methoxy groups -OCH3 is 1. The zero-order chi connectivity index (χ0) is 24.7. The highest BCUT2D eigenvalue weighted by Gasteiger charge is 2.56. The van der Waals surface area contributed by atoms with Gasteiger partial charge in [-0.1, -0.05) is 23.7 Å². The second-order valence-corrected chi connectivity index (χ2v) is 9.87. The van der Waals surface area contributed by atoms with E-state index >= 15 is 0 Å². The van der Waals surface area contributed by atoms with Gasteiger partial charge < -0.3 is 19.7 Å². The van der Waals surface area contributed by atoms with Crippen LogP contribution in [0.4, 0.5) is 8.78 Å². The predicted octanol–water partition coefficient (Wildman–Crippen LogP) is 3.97. The van der Waals surface area contributed by atoms with Crippen molar-refractivity contribution in [1.82, 2.24) is 10.2 Å². The van der Waals surface area contributed by atoms with E-state index in [2.05, 4.69) is 5.32 Å². The average Bonchev–Trinajstić information content (AvgIpc) is 3.65. The highest BCUT2D eigenvalue weighted by molar-refractivity contribution is 6.31. The summed E-state index contributed by atoms with van der Waals surface area (Å²) in [6, 6.07) is 7.70. The molecule has 2 atom stereocenters. The number of amides is 1. The Labute approximate surface area is 207 Å². The number of hydrogen-bond acceptors (Lipinski definition) is 5. The zero-order valence-electron chi connectivity index (χ0n) is 19.4. The number of nitrogens with one attached hydrogen (secondary N) is 1. The van der Waals surface area contributed by atoms with Crippen LogP contribution in [0.15, 0.2) is 30.3 Å². The SMILES string of the molecule is COCCc1ccc(Cl)c(CN(C(=O)C2CNCC[C@@]23OC(=O)c2cc(F)c(F)cc23)C2CC2)c1. The van der Waals surface area contributed by atoms with Crippen molar-refractivity contribution in [2.45, 2.75) is 43.9 Å². The van der Waals surface area contributed by atoms with Gasteiger partial charge in [-0.05, 0) is 55.1 Å². The molecular weight excluding hydrogens is 478 g/mol. The van der Waals surface area contributed by atoms with Gasteiger partial charge in [-0.15, -0.1) is 0 Å². The van der Waals surface area contributed by atoms with Crippen molar-refractivity contribution >= 4 is 23.5 Å². The maximum absolute atomic E-state index is 14.2. The van der Waals surface area contributed by atoms with Gasteiger partial charge >= 0.3 is 5.97 Å². The summed E-state index contributed by atoms with van der Waals surface area (Å²) in [4.78, 5) is 28.5. The second kappa shape index (κ2) is 9.48. The third kappa shape index (κ3) is 4.43. The van der Waals surface area contributed by atoms with Crippen molar-refractivity contribution in [3.05, 3.63) is 69.2 Å². The first-order valence-electron chi connectivity index (χ1n) is 11.8. The van der Waals surface area contributed by atoms with Crippen molar-refractivity contribution in [3.8, 4) is 0 Å². The molecule has 0 aromatic heterocycles. The van der Waals surface area contributed by atoms with Gasteiger partial charge in [0.15, 0.2) is 17.2 Å². The molecule has 186 valence electrons. The Kier molecular flexibility index (Phi) is 6.55. The molecule has 2 aliphatic heterocycles. The monoisotopic (exact) mass is 504 g/mol. The number of hydrogen-bond donors (Lipinski definition) is 1. The number of piperidine rings is 1. The van der Waals surface area contributed by atoms with Crippen LogP contribution in [0.3, 0.4) is 0 Å². The summed E-state index contributed by atoms with van der Waals surface area (Å²) in [6.07, 6.45) is 2.76. The molecule has 2 aromatic rings. The lowest BCUT2D eigenvalue weighted by Gasteiger charge is -2.42. The largest absolute Gasteiger partial charge is 0.450 e. The van der Waals surface area contributed by atoms with Crippen LogP contribution in [0.25, 0.3) is 0 Å². The van der Waals surface area contributed by atoms with Gasteiger partial charge in [-0.3, -0.25) is 4.79 Å². The molecule has 1 saturated heterocycles. The molecule has 3 aliphatic rings. The Morgan fingerprint density at radius 3 is 2.77 bits per heavy atom. The lowest BCUT2D eigenvalue weighted by molar-refractivity contribution is -0.149. The fraction of sp³-hybridized carbons (Fsp3) is 0.462. The molecule has 1 saturated carbocycles. The van der Waals surface area contributed by atoms with Crippen LogP contribution in [0.5, 0.6) is 0 Å². The fourth-order valence-electron chi connectivity index (χ4n) is 5.21. The van der Waals surface area contributed by atoms with E-state index in [1.165, 1.54) is 0 Å². The maximum Gasteiger partial charge on any atom is 0.339 e. The summed E-state index contributed by atoms with van der Waals surface area (Å²) in [6.45, 7) is 1.63. The fourth-order valence-corrected chi connectivity index (χ4v) is 5.39. The Bertz CT molecular complexity index is 1170. The van der Waals surface area contributed by atoms with Gasteiger partial charge in [0.25, 0.3) is 0 Å². The number of nitrogens with zero attached hydrogens (tertiary/aromatic N) is 1. The number of rotatable bonds is 7. The van der Waals surface area contributed by atoms with E-state index in [1.807, 2.05) is 18.2 Å². The van der Waals surface area contributed by atoms with Gasteiger partial charge in [0, 0.05) is 43.2 Å². The van der Waals surface area contributed by atoms with Crippen LogP contribution < -0.4 is 5.32 Å². The standard InChI is InChI=1S/C26H27ClF2N2O4/c1-34-9-6-15-2-5-21(27)16(10-15)14-31(17-3-4-17)24(32)20-13-30-8-7-26(20)19-12-23(29)22(28)11-18(19)25(33)35-26/h2,5,10-12,17,20,30H,3-4,6-9,13-14H2,1H3/t20?,26-/m0/s1. The van der Waals surface area contributed by atoms with Crippen molar-refractivity contribution in [2.24, 2.45) is 5.92 Å². The molecule has 1 spiro atoms. The molecule has 1 aliphatic carbocycles. The number of benzene rings is 2. The third-order valence-corrected chi connectivity index (χ3v) is 7.58. The van der Waals surface area contributed by atoms with E-state index in [-0.39, 0.29) is 29.6 Å². The first-order valence-corrected chi connectivity index (χ1v) is 12.2. The van der Waals surface area contributed by atoms with Gasteiger partial charge in [0.2, 0.25) is 5.91 Å². The van der Waals surface area contributed by atoms with E-state index in [9.17, 15) is 18.4 Å². The minimum atomic E-state index is -1.33. The van der Waals surface area contributed by atoms with Gasteiger partial charge in [0.05, 0.1) is 18.1 Å². The molecule has 2 fully saturated rings. The molecular formula is C26H27ClF2N2O4. The summed E-state index contributed by atoms with van der Waals surface area (Å²) < 4.78 is 39.1. The topological polar surface area (TPSA) is 67.9 Å². The first-order chi connectivity index (χ1) is 16.8. The van der Waals surface area contributed by atoms with Crippen molar-refractivity contribution in [1.29, 1.82) is 0 Å². The maximum atomic E-state index is 14.2. The number of carbonyl (C=O) groups excluding carboxylic acids is 2. The van der Waals surface area contributed by atoms with Gasteiger partial charge in [0.1, 0.15) is 0 Å². The van der Waals surface area contributed by atoms with Crippen molar-refractivity contribution in [2.75, 3.05) is 26.8 Å². The molecule has 2 aromatic carbocycles. The molecule has 5 rings (SSSR count). The number of fused-ring (bicyclic) bond motifs is 2. The van der Waals surface area contributed by atoms with Gasteiger partial charge in [-0.25, -0.2) is 13.6 Å². The minimum Gasteiger partial charge on any atom is -0.450 e. The van der Waals surface area contributed by atoms with E-state index < -0.39 is 29.1 Å². The van der Waals surface area contributed by atoms with E-state index in [0.717, 1.165) is 42.5 Å². The molecule has 9 heteroatoms. The molecule has 6 nitrogen and oxygen atoms in total. The Morgan fingerprint density at radius 1 is 1.26 bits per heavy atom. The summed E-state index contributed by atoms with van der Waals surface area (Å²) >= 11 is 6.50. The van der Waals surface area contributed by atoms with E-state index in [0.29, 0.717) is 31.1 Å². The van der Waals surface area contributed by atoms with Gasteiger partial charge in [-0.2, -0.15) is 0 Å². The van der Waals surface area contributed by atoms with Crippen LogP contribution in [0.2, 0.25) is 5.02 Å². The van der Waals surface area contributed by atoms with E-state index in [4.69, 9.17) is 21.1 Å². The summed E-state index contributed by atoms with van der Waals surface area (Å²) in [7, 11) is 1.65. The van der Waals surface area contributed by atoms with Crippen LogP contribution in [0, 0.1) is 17.6 Å². The second-order valence-electron chi connectivity index (χ2n) is 9.46. The molecule has 35 heavy (non-hydrogen) atoms. The van der Waals surface area contributed by atoms with Crippen LogP contribution in [0.1, 0.15) is 46.3 Å². The predicted molar refractivity (Wildman–Crippen MR) is 125 cm³/mol. The van der Waals surface area contributed by atoms with E-state index in [1.54, 1.807) is 12.0 Å². The number of carbonyl (C=O) groups is 2. The summed E-state index contributed by atoms with van der Waals surface area (Å²) in [5, 5.41) is 3.78. The Morgan fingerprint density at radius 2 is 2.03 bits per heavy atom. The van der Waals surface area contributed by atoms with Crippen molar-refractivity contribution < 1.29 is 27.8 Å². The lowest BCUT2D eigenvalue weighted by atomic mass is 9.75. The zero-order valence-corrected chi connectivity index (χ0v) is 20.2.